The Labute approximate surface area is 122 Å². The number of ketones is 1. The van der Waals surface area contributed by atoms with Crippen LogP contribution in [-0.2, 0) is 24.1 Å². The number of Topliss-reactive ketones (excluding diaryl/α,β-unsaturated/α-hetero) is 1. The summed E-state index contributed by atoms with van der Waals surface area (Å²) in [7, 11) is 0. The molecule has 0 radical (unpaired) electrons. The van der Waals surface area contributed by atoms with Crippen LogP contribution >= 0.6 is 0 Å². The van der Waals surface area contributed by atoms with Gasteiger partial charge in [-0.25, -0.2) is 0 Å². The zero-order valence-corrected chi connectivity index (χ0v) is 12.7. The van der Waals surface area contributed by atoms with Gasteiger partial charge < -0.3 is 5.32 Å². The molecule has 2 heteroatoms. The maximum atomic E-state index is 12.8. The molecule has 1 saturated heterocycles. The van der Waals surface area contributed by atoms with Crippen LogP contribution in [0.3, 0.4) is 0 Å². The van der Waals surface area contributed by atoms with Crippen molar-refractivity contribution in [3.05, 3.63) is 34.9 Å². The molecule has 20 heavy (non-hydrogen) atoms. The summed E-state index contributed by atoms with van der Waals surface area (Å²) in [6.45, 7) is 6.21. The molecular formula is C18H25NO. The molecule has 1 heterocycles. The quantitative estimate of drug-likeness (QED) is 0.912. The summed E-state index contributed by atoms with van der Waals surface area (Å²) >= 11 is 0. The predicted octanol–water partition coefficient (Wildman–Crippen LogP) is 2.92. The van der Waals surface area contributed by atoms with Crippen molar-refractivity contribution in [3.63, 3.8) is 0 Å². The smallest absolute Gasteiger partial charge is 0.144 e. The molecule has 1 aliphatic heterocycles. The number of fused-ring (bicyclic) bond motifs is 1. The van der Waals surface area contributed by atoms with Crippen molar-refractivity contribution in [2.45, 2.75) is 46.0 Å². The molecule has 1 aromatic carbocycles. The first-order valence-electron chi connectivity index (χ1n) is 7.96. The van der Waals surface area contributed by atoms with E-state index in [0.717, 1.165) is 19.5 Å². The van der Waals surface area contributed by atoms with E-state index in [2.05, 4.69) is 37.4 Å². The molecule has 3 rings (SSSR count). The number of carbonyl (C=O) groups excluding carboxylic acids is 1. The molecule has 0 spiro atoms. The Morgan fingerprint density at radius 2 is 2.10 bits per heavy atom. The third-order valence-corrected chi connectivity index (χ3v) is 5.38. The Morgan fingerprint density at radius 3 is 2.80 bits per heavy atom. The summed E-state index contributed by atoms with van der Waals surface area (Å²) in [6, 6.07) is 6.68. The van der Waals surface area contributed by atoms with Crippen LogP contribution in [0.25, 0.3) is 0 Å². The third kappa shape index (κ3) is 2.31. The Kier molecular flexibility index (Phi) is 3.68. The van der Waals surface area contributed by atoms with E-state index >= 15 is 0 Å². The van der Waals surface area contributed by atoms with E-state index in [4.69, 9.17) is 0 Å². The van der Waals surface area contributed by atoms with E-state index < -0.39 is 0 Å². The van der Waals surface area contributed by atoms with Gasteiger partial charge in [-0.2, -0.15) is 0 Å². The van der Waals surface area contributed by atoms with Crippen LogP contribution in [0.1, 0.15) is 43.4 Å². The van der Waals surface area contributed by atoms with Gasteiger partial charge in [0, 0.05) is 18.4 Å². The van der Waals surface area contributed by atoms with Gasteiger partial charge >= 0.3 is 0 Å². The van der Waals surface area contributed by atoms with E-state index in [1.807, 2.05) is 0 Å². The van der Waals surface area contributed by atoms with Crippen LogP contribution < -0.4 is 5.32 Å². The Hall–Kier alpha value is -1.15. The number of carbonyl (C=O) groups is 1. The Bertz CT molecular complexity index is 512. The third-order valence-electron chi connectivity index (χ3n) is 5.38. The maximum absolute atomic E-state index is 12.8. The van der Waals surface area contributed by atoms with Crippen molar-refractivity contribution in [1.82, 2.24) is 5.32 Å². The van der Waals surface area contributed by atoms with Gasteiger partial charge in [-0.3, -0.25) is 4.79 Å². The zero-order chi connectivity index (χ0) is 14.2. The summed E-state index contributed by atoms with van der Waals surface area (Å²) in [5.74, 6) is 0.842. The lowest BCUT2D eigenvalue weighted by molar-refractivity contribution is -0.129. The first-order chi connectivity index (χ1) is 9.62. The molecule has 2 aliphatic rings. The summed E-state index contributed by atoms with van der Waals surface area (Å²) in [6.07, 6.45) is 5.27. The van der Waals surface area contributed by atoms with Crippen molar-refractivity contribution in [1.29, 1.82) is 0 Å². The second-order valence-electron chi connectivity index (χ2n) is 6.79. The van der Waals surface area contributed by atoms with Gasteiger partial charge in [0.15, 0.2) is 0 Å². The first kappa shape index (κ1) is 13.8. The molecular weight excluding hydrogens is 246 g/mol. The highest BCUT2D eigenvalue weighted by atomic mass is 16.1. The van der Waals surface area contributed by atoms with Crippen LogP contribution in [0.2, 0.25) is 0 Å². The fourth-order valence-electron chi connectivity index (χ4n) is 3.86. The number of nitrogens with one attached hydrogen (secondary N) is 1. The van der Waals surface area contributed by atoms with Gasteiger partial charge in [0.2, 0.25) is 0 Å². The average molecular weight is 271 g/mol. The number of aryl methyl sites for hydroxylation is 2. The van der Waals surface area contributed by atoms with E-state index in [0.29, 0.717) is 18.1 Å². The monoisotopic (exact) mass is 271 g/mol. The van der Waals surface area contributed by atoms with Gasteiger partial charge in [-0.05, 0) is 54.8 Å². The minimum absolute atomic E-state index is 0.140. The van der Waals surface area contributed by atoms with E-state index in [-0.39, 0.29) is 5.41 Å². The normalized spacial score (nSPS) is 25.1. The van der Waals surface area contributed by atoms with Gasteiger partial charge in [-0.1, -0.05) is 32.0 Å². The molecule has 1 atom stereocenters. The van der Waals surface area contributed by atoms with Gasteiger partial charge in [0.25, 0.3) is 0 Å². The maximum Gasteiger partial charge on any atom is 0.144 e. The molecule has 108 valence electrons. The fraction of sp³-hybridized carbons (Fsp3) is 0.611. The van der Waals surface area contributed by atoms with Crippen LogP contribution in [0, 0.1) is 11.3 Å². The molecule has 1 aliphatic carbocycles. The van der Waals surface area contributed by atoms with E-state index in [1.54, 1.807) is 0 Å². The molecule has 1 unspecified atom stereocenters. The first-order valence-corrected chi connectivity index (χ1v) is 7.96. The lowest BCUT2D eigenvalue weighted by Crippen LogP contribution is -2.39. The van der Waals surface area contributed by atoms with Crippen LogP contribution in [0.15, 0.2) is 18.2 Å². The zero-order valence-electron chi connectivity index (χ0n) is 12.7. The second kappa shape index (κ2) is 5.33. The lowest BCUT2D eigenvalue weighted by atomic mass is 9.71. The molecule has 0 saturated carbocycles. The molecule has 0 amide bonds. The average Bonchev–Trinajstić information content (AvgIpc) is 3.07. The summed E-state index contributed by atoms with van der Waals surface area (Å²) in [5, 5.41) is 3.38. The Morgan fingerprint density at radius 1 is 1.30 bits per heavy atom. The Balaban J connectivity index is 1.78. The minimum Gasteiger partial charge on any atom is -0.316 e. The van der Waals surface area contributed by atoms with Gasteiger partial charge in [-0.15, -0.1) is 0 Å². The molecule has 0 bridgehead atoms. The van der Waals surface area contributed by atoms with Gasteiger partial charge in [0.05, 0.1) is 0 Å². The van der Waals surface area contributed by atoms with Crippen LogP contribution in [0.4, 0.5) is 0 Å². The topological polar surface area (TPSA) is 29.1 Å². The largest absolute Gasteiger partial charge is 0.316 e. The fourth-order valence-corrected chi connectivity index (χ4v) is 3.86. The molecule has 1 fully saturated rings. The lowest BCUT2D eigenvalue weighted by Gasteiger charge is -2.31. The summed E-state index contributed by atoms with van der Waals surface area (Å²) in [4.78, 5) is 12.8. The van der Waals surface area contributed by atoms with Crippen molar-refractivity contribution < 1.29 is 4.79 Å². The number of hydrogen-bond acceptors (Lipinski definition) is 2. The molecule has 0 aromatic heterocycles. The molecule has 1 N–H and O–H groups in total. The summed E-state index contributed by atoms with van der Waals surface area (Å²) < 4.78 is 0. The van der Waals surface area contributed by atoms with Crippen LogP contribution in [0.5, 0.6) is 0 Å². The molecule has 1 aromatic rings. The summed E-state index contributed by atoms with van der Waals surface area (Å²) in [5.41, 5.74) is 4.03. The van der Waals surface area contributed by atoms with Crippen molar-refractivity contribution in [2.75, 3.05) is 13.1 Å². The number of benzene rings is 1. The highest BCUT2D eigenvalue weighted by molar-refractivity contribution is 5.87. The standard InChI is InChI=1S/C18H25NO/c1-13(2)18(8-9-19-12-18)17(20)11-14-6-7-15-4-3-5-16(15)10-14/h6-7,10,13,19H,3-5,8-9,11-12H2,1-2H3. The predicted molar refractivity (Wildman–Crippen MR) is 81.9 cm³/mol. The highest BCUT2D eigenvalue weighted by Crippen LogP contribution is 2.36. The minimum atomic E-state index is -0.140. The van der Waals surface area contributed by atoms with E-state index in [9.17, 15) is 4.79 Å². The van der Waals surface area contributed by atoms with Gasteiger partial charge in [0.1, 0.15) is 5.78 Å². The SMILES string of the molecule is CC(C)C1(C(=O)Cc2ccc3c(c2)CCC3)CCNC1. The second-order valence-corrected chi connectivity index (χ2v) is 6.79. The van der Waals surface area contributed by atoms with Crippen molar-refractivity contribution in [3.8, 4) is 0 Å². The number of hydrogen-bond donors (Lipinski definition) is 1. The number of rotatable bonds is 4. The van der Waals surface area contributed by atoms with E-state index in [1.165, 1.54) is 36.0 Å². The molecule has 2 nitrogen and oxygen atoms in total. The van der Waals surface area contributed by atoms with Crippen LogP contribution in [-0.4, -0.2) is 18.9 Å². The van der Waals surface area contributed by atoms with Crippen molar-refractivity contribution >= 4 is 5.78 Å². The highest BCUT2D eigenvalue weighted by Gasteiger charge is 2.43. The van der Waals surface area contributed by atoms with Crippen molar-refractivity contribution in [2.24, 2.45) is 11.3 Å².